The average molecular weight is 389 g/mol. The van der Waals surface area contributed by atoms with Crippen LogP contribution in [0.5, 0.6) is 0 Å². The monoisotopic (exact) mass is 388 g/mol. The van der Waals surface area contributed by atoms with Gasteiger partial charge in [0, 0.05) is 23.0 Å². The molecule has 1 amide bonds. The Morgan fingerprint density at radius 3 is 2.52 bits per heavy atom. The van der Waals surface area contributed by atoms with Crippen molar-refractivity contribution < 1.29 is 9.18 Å². The number of hydrogen-bond donors (Lipinski definition) is 1. The highest BCUT2D eigenvalue weighted by atomic mass is 35.5. The van der Waals surface area contributed by atoms with Crippen molar-refractivity contribution in [3.8, 4) is 0 Å². The second kappa shape index (κ2) is 8.85. The third kappa shape index (κ3) is 5.30. The van der Waals surface area contributed by atoms with Crippen molar-refractivity contribution >= 4 is 17.5 Å². The van der Waals surface area contributed by atoms with Gasteiger partial charge in [-0.25, -0.2) is 4.39 Å². The summed E-state index contributed by atoms with van der Waals surface area (Å²) in [6, 6.07) is 13.0. The lowest BCUT2D eigenvalue weighted by Crippen LogP contribution is -2.41. The lowest BCUT2D eigenvalue weighted by atomic mass is 9.94. The van der Waals surface area contributed by atoms with Crippen LogP contribution >= 0.6 is 11.6 Å². The van der Waals surface area contributed by atoms with Crippen molar-refractivity contribution in [2.45, 2.75) is 39.3 Å². The number of carbonyl (C=O) groups is 1. The number of hydrogen-bond acceptors (Lipinski definition) is 2. The van der Waals surface area contributed by atoms with E-state index in [0.717, 1.165) is 31.5 Å². The summed E-state index contributed by atoms with van der Waals surface area (Å²) in [7, 11) is 0. The normalized spacial score (nSPS) is 16.9. The van der Waals surface area contributed by atoms with Gasteiger partial charge >= 0.3 is 0 Å². The Hall–Kier alpha value is -1.91. The first-order valence-electron chi connectivity index (χ1n) is 9.45. The van der Waals surface area contributed by atoms with Gasteiger partial charge in [-0.1, -0.05) is 47.5 Å². The quantitative estimate of drug-likeness (QED) is 0.791. The number of nitrogens with one attached hydrogen (secondary N) is 1. The summed E-state index contributed by atoms with van der Waals surface area (Å²) in [5.74, 6) is -0.140. The van der Waals surface area contributed by atoms with Gasteiger partial charge in [-0.3, -0.25) is 9.69 Å². The Bertz CT molecular complexity index is 785. The summed E-state index contributed by atoms with van der Waals surface area (Å²) < 4.78 is 14.0. The predicted octanol–water partition coefficient (Wildman–Crippen LogP) is 4.88. The van der Waals surface area contributed by atoms with E-state index in [2.05, 4.69) is 41.4 Å². The number of likely N-dealkylation sites (tertiary alicyclic amines) is 1. The molecule has 1 aliphatic rings. The van der Waals surface area contributed by atoms with Gasteiger partial charge in [-0.05, 0) is 57.5 Å². The second-order valence-electron chi connectivity index (χ2n) is 7.43. The van der Waals surface area contributed by atoms with Gasteiger partial charge in [0.1, 0.15) is 5.82 Å². The zero-order valence-electron chi connectivity index (χ0n) is 15.8. The molecule has 0 bridgehead atoms. The van der Waals surface area contributed by atoms with Gasteiger partial charge in [-0.15, -0.1) is 0 Å². The number of halogens is 2. The summed E-state index contributed by atoms with van der Waals surface area (Å²) in [5, 5.41) is 3.54. The van der Waals surface area contributed by atoms with E-state index in [1.165, 1.54) is 11.6 Å². The molecule has 3 rings (SSSR count). The molecule has 0 saturated carbocycles. The average Bonchev–Trinajstić information content (AvgIpc) is 2.65. The highest BCUT2D eigenvalue weighted by Gasteiger charge is 2.26. The predicted molar refractivity (Wildman–Crippen MR) is 107 cm³/mol. The minimum absolute atomic E-state index is 0.000655. The summed E-state index contributed by atoms with van der Waals surface area (Å²) in [6.07, 6.45) is 1.59. The number of amides is 1. The van der Waals surface area contributed by atoms with Gasteiger partial charge in [0.2, 0.25) is 5.91 Å². The molecule has 5 heteroatoms. The van der Waals surface area contributed by atoms with E-state index >= 15 is 0 Å². The fourth-order valence-corrected chi connectivity index (χ4v) is 3.67. The Labute approximate surface area is 165 Å². The molecule has 144 valence electrons. The minimum Gasteiger partial charge on any atom is -0.349 e. The number of carbonyl (C=O) groups excluding carboxylic acids is 1. The summed E-state index contributed by atoms with van der Waals surface area (Å²) in [6.45, 7) is 6.20. The van der Waals surface area contributed by atoms with Crippen LogP contribution in [0.15, 0.2) is 42.5 Å². The van der Waals surface area contributed by atoms with Crippen molar-refractivity contribution in [3.05, 3.63) is 70.0 Å². The molecule has 0 aromatic heterocycles. The molecule has 2 aromatic carbocycles. The Balaban J connectivity index is 1.49. The Morgan fingerprint density at radius 1 is 1.22 bits per heavy atom. The van der Waals surface area contributed by atoms with Crippen molar-refractivity contribution in [2.24, 2.45) is 5.92 Å². The highest BCUT2D eigenvalue weighted by Crippen LogP contribution is 2.23. The number of benzene rings is 2. The van der Waals surface area contributed by atoms with E-state index < -0.39 is 0 Å². The smallest absolute Gasteiger partial charge is 0.223 e. The van der Waals surface area contributed by atoms with Gasteiger partial charge in [-0.2, -0.15) is 0 Å². The first-order chi connectivity index (χ1) is 12.9. The second-order valence-corrected chi connectivity index (χ2v) is 7.86. The maximum Gasteiger partial charge on any atom is 0.223 e. The van der Waals surface area contributed by atoms with Crippen LogP contribution in [0.1, 0.15) is 42.5 Å². The molecule has 0 unspecified atom stereocenters. The summed E-state index contributed by atoms with van der Waals surface area (Å²) in [5.41, 5.74) is 2.97. The van der Waals surface area contributed by atoms with E-state index in [1.54, 1.807) is 12.1 Å². The molecular weight excluding hydrogens is 363 g/mol. The maximum atomic E-state index is 14.0. The van der Waals surface area contributed by atoms with E-state index in [9.17, 15) is 9.18 Å². The standard InChI is InChI=1S/C22H26ClFN2O/c1-15-3-5-17(6-4-15)16(2)25-22(27)18-9-11-26(12-10-18)14-19-7-8-20(23)13-21(19)24/h3-8,13,16,18H,9-12,14H2,1-2H3,(H,25,27)/t16-/m1/s1. The molecule has 1 aliphatic heterocycles. The van der Waals surface area contributed by atoms with Crippen molar-refractivity contribution in [1.82, 2.24) is 10.2 Å². The molecule has 1 saturated heterocycles. The van der Waals surface area contributed by atoms with Crippen LogP contribution in [0.2, 0.25) is 5.02 Å². The molecule has 27 heavy (non-hydrogen) atoms. The Kier molecular flexibility index (Phi) is 6.51. The molecule has 1 fully saturated rings. The van der Waals surface area contributed by atoms with Crippen LogP contribution in [0.3, 0.4) is 0 Å². The highest BCUT2D eigenvalue weighted by molar-refractivity contribution is 6.30. The SMILES string of the molecule is Cc1ccc([C@@H](C)NC(=O)C2CCN(Cc3ccc(Cl)cc3F)CC2)cc1. The van der Waals surface area contributed by atoms with Crippen molar-refractivity contribution in [2.75, 3.05) is 13.1 Å². The molecule has 1 heterocycles. The third-order valence-corrected chi connectivity index (χ3v) is 5.54. The van der Waals surface area contributed by atoms with Gasteiger partial charge in [0.05, 0.1) is 6.04 Å². The van der Waals surface area contributed by atoms with E-state index in [4.69, 9.17) is 11.6 Å². The molecule has 1 N–H and O–H groups in total. The van der Waals surface area contributed by atoms with E-state index in [-0.39, 0.29) is 23.7 Å². The van der Waals surface area contributed by atoms with Crippen molar-refractivity contribution in [1.29, 1.82) is 0 Å². The molecule has 0 radical (unpaired) electrons. The number of piperidine rings is 1. The number of rotatable bonds is 5. The molecule has 0 spiro atoms. The van der Waals surface area contributed by atoms with Crippen LogP contribution in [0.4, 0.5) is 4.39 Å². The Morgan fingerprint density at radius 2 is 1.89 bits per heavy atom. The van der Waals surface area contributed by atoms with E-state index in [1.807, 2.05) is 6.92 Å². The van der Waals surface area contributed by atoms with Crippen LogP contribution in [-0.4, -0.2) is 23.9 Å². The lowest BCUT2D eigenvalue weighted by Gasteiger charge is -2.32. The first-order valence-corrected chi connectivity index (χ1v) is 9.83. The van der Waals surface area contributed by atoms with Gasteiger partial charge in [0.15, 0.2) is 0 Å². The molecule has 0 aliphatic carbocycles. The fraction of sp³-hybridized carbons (Fsp3) is 0.409. The lowest BCUT2D eigenvalue weighted by molar-refractivity contribution is -0.127. The zero-order valence-corrected chi connectivity index (χ0v) is 16.6. The summed E-state index contributed by atoms with van der Waals surface area (Å²) in [4.78, 5) is 14.8. The minimum atomic E-state index is -0.269. The van der Waals surface area contributed by atoms with Crippen molar-refractivity contribution in [3.63, 3.8) is 0 Å². The van der Waals surface area contributed by atoms with Crippen LogP contribution < -0.4 is 5.32 Å². The van der Waals surface area contributed by atoms with E-state index in [0.29, 0.717) is 17.1 Å². The topological polar surface area (TPSA) is 32.3 Å². The van der Waals surface area contributed by atoms with Gasteiger partial charge < -0.3 is 5.32 Å². The largest absolute Gasteiger partial charge is 0.349 e. The maximum absolute atomic E-state index is 14.0. The first kappa shape index (κ1) is 19.8. The fourth-order valence-electron chi connectivity index (χ4n) is 3.51. The molecular formula is C22H26ClFN2O. The molecule has 3 nitrogen and oxygen atoms in total. The van der Waals surface area contributed by atoms with Crippen LogP contribution in [0.25, 0.3) is 0 Å². The molecule has 1 atom stereocenters. The third-order valence-electron chi connectivity index (χ3n) is 5.30. The van der Waals surface area contributed by atoms with Crippen LogP contribution in [0, 0.1) is 18.7 Å². The zero-order chi connectivity index (χ0) is 19.4. The number of nitrogens with zero attached hydrogens (tertiary/aromatic N) is 1. The summed E-state index contributed by atoms with van der Waals surface area (Å²) >= 11 is 5.81. The number of aryl methyl sites for hydroxylation is 1. The van der Waals surface area contributed by atoms with Gasteiger partial charge in [0.25, 0.3) is 0 Å². The molecule has 2 aromatic rings. The van der Waals surface area contributed by atoms with Crippen LogP contribution in [-0.2, 0) is 11.3 Å².